The first kappa shape index (κ1) is 30.7. The van der Waals surface area contributed by atoms with E-state index in [2.05, 4.69) is 20.9 Å². The standard InChI is InChI=1S/C28H26Cl2N4O8/c1-40-20-5-3-2-4-16(20)13-31-26(36)23-24(42-14-41-23)27(37)33-19(28(38)39)10-15-6-8-18(9-7-15)32-25(35)17-11-21(29)34-22(30)12-17/h2-9,11-12,19,23-24H,10,13-14H2,1H3,(H,31,36)(H,32,35)(H,33,37)(H,38,39). The molecule has 0 spiro atoms. The van der Waals surface area contributed by atoms with Crippen LogP contribution in [0.3, 0.4) is 0 Å². The van der Waals surface area contributed by atoms with Gasteiger partial charge in [-0.1, -0.05) is 53.5 Å². The number of methoxy groups -OCH3 is 1. The smallest absolute Gasteiger partial charge is 0.326 e. The van der Waals surface area contributed by atoms with Gasteiger partial charge in [0.1, 0.15) is 28.9 Å². The minimum Gasteiger partial charge on any atom is -0.496 e. The molecule has 4 N–H and O–H groups in total. The Labute approximate surface area is 250 Å². The zero-order valence-corrected chi connectivity index (χ0v) is 23.6. The van der Waals surface area contributed by atoms with Crippen LogP contribution < -0.4 is 20.7 Å². The number of carbonyl (C=O) groups excluding carboxylic acids is 3. The average Bonchev–Trinajstić information content (AvgIpc) is 3.46. The van der Waals surface area contributed by atoms with E-state index in [0.29, 0.717) is 17.0 Å². The first-order chi connectivity index (χ1) is 20.1. The van der Waals surface area contributed by atoms with Crippen molar-refractivity contribution in [3.05, 3.63) is 87.7 Å². The van der Waals surface area contributed by atoms with E-state index >= 15 is 0 Å². The summed E-state index contributed by atoms with van der Waals surface area (Å²) in [6.45, 7) is -0.192. The molecule has 42 heavy (non-hydrogen) atoms. The van der Waals surface area contributed by atoms with Crippen LogP contribution in [0, 0.1) is 0 Å². The maximum Gasteiger partial charge on any atom is 0.326 e. The van der Waals surface area contributed by atoms with Gasteiger partial charge < -0.3 is 35.3 Å². The Hall–Kier alpha value is -4.23. The number of amides is 3. The molecule has 3 atom stereocenters. The van der Waals surface area contributed by atoms with Crippen molar-refractivity contribution in [3.63, 3.8) is 0 Å². The Kier molecular flexibility index (Phi) is 10.3. The highest BCUT2D eigenvalue weighted by Gasteiger charge is 2.41. The number of nitrogens with one attached hydrogen (secondary N) is 3. The molecule has 0 saturated carbocycles. The Morgan fingerprint density at radius 3 is 2.29 bits per heavy atom. The molecule has 2 aromatic carbocycles. The number of rotatable bonds is 11. The van der Waals surface area contributed by atoms with Crippen molar-refractivity contribution in [2.45, 2.75) is 31.2 Å². The lowest BCUT2D eigenvalue weighted by atomic mass is 10.0. The van der Waals surface area contributed by atoms with Gasteiger partial charge in [-0.2, -0.15) is 0 Å². The number of hydrogen-bond donors (Lipinski definition) is 4. The molecule has 1 fully saturated rings. The molecule has 14 heteroatoms. The molecule has 1 aliphatic heterocycles. The van der Waals surface area contributed by atoms with Crippen LogP contribution in [0.5, 0.6) is 5.75 Å². The van der Waals surface area contributed by atoms with Gasteiger partial charge in [0.05, 0.1) is 7.11 Å². The first-order valence-electron chi connectivity index (χ1n) is 12.5. The number of carbonyl (C=O) groups is 4. The number of nitrogens with zero attached hydrogens (tertiary/aromatic N) is 1. The fourth-order valence-corrected chi connectivity index (χ4v) is 4.59. The zero-order chi connectivity index (χ0) is 30.2. The van der Waals surface area contributed by atoms with Crippen LogP contribution in [0.25, 0.3) is 0 Å². The molecule has 3 unspecified atom stereocenters. The third-order valence-corrected chi connectivity index (χ3v) is 6.61. The summed E-state index contributed by atoms with van der Waals surface area (Å²) in [5, 5.41) is 17.7. The largest absolute Gasteiger partial charge is 0.496 e. The number of anilines is 1. The normalized spacial score (nSPS) is 16.7. The molecule has 2 heterocycles. The van der Waals surface area contributed by atoms with E-state index < -0.39 is 41.9 Å². The van der Waals surface area contributed by atoms with E-state index in [9.17, 15) is 24.3 Å². The highest BCUT2D eigenvalue weighted by Crippen LogP contribution is 2.20. The Balaban J connectivity index is 1.34. The highest BCUT2D eigenvalue weighted by molar-refractivity contribution is 6.33. The fraction of sp³-hybridized carbons (Fsp3) is 0.250. The lowest BCUT2D eigenvalue weighted by Gasteiger charge is -2.20. The van der Waals surface area contributed by atoms with E-state index in [1.165, 1.54) is 19.2 Å². The van der Waals surface area contributed by atoms with Crippen LogP contribution in [0.4, 0.5) is 5.69 Å². The predicted octanol–water partition coefficient (Wildman–Crippen LogP) is 2.82. The number of halogens is 2. The van der Waals surface area contributed by atoms with Gasteiger partial charge in [-0.25, -0.2) is 9.78 Å². The number of para-hydroxylation sites is 1. The summed E-state index contributed by atoms with van der Waals surface area (Å²) in [5.41, 5.74) is 1.92. The highest BCUT2D eigenvalue weighted by atomic mass is 35.5. The minimum absolute atomic E-state index is 0.0686. The summed E-state index contributed by atoms with van der Waals surface area (Å²) in [6, 6.07) is 14.9. The van der Waals surface area contributed by atoms with E-state index in [1.54, 1.807) is 48.5 Å². The van der Waals surface area contributed by atoms with E-state index in [1.807, 2.05) is 0 Å². The Morgan fingerprint density at radius 2 is 1.64 bits per heavy atom. The van der Waals surface area contributed by atoms with Crippen molar-refractivity contribution < 1.29 is 38.5 Å². The van der Waals surface area contributed by atoms with Crippen molar-refractivity contribution >= 4 is 52.6 Å². The summed E-state index contributed by atoms with van der Waals surface area (Å²) in [7, 11) is 1.51. The van der Waals surface area contributed by atoms with Crippen LogP contribution in [-0.2, 0) is 36.8 Å². The second kappa shape index (κ2) is 14.1. The molecule has 0 radical (unpaired) electrons. The van der Waals surface area contributed by atoms with Crippen molar-refractivity contribution in [1.82, 2.24) is 15.6 Å². The SMILES string of the molecule is COc1ccccc1CNC(=O)C1OCOC1C(=O)NC(Cc1ccc(NC(=O)c2cc(Cl)nc(Cl)c2)cc1)C(=O)O. The summed E-state index contributed by atoms with van der Waals surface area (Å²) in [5.74, 6) is -2.58. The van der Waals surface area contributed by atoms with Crippen LogP contribution in [0.1, 0.15) is 21.5 Å². The molecule has 3 amide bonds. The van der Waals surface area contributed by atoms with Crippen molar-refractivity contribution in [2.75, 3.05) is 19.2 Å². The van der Waals surface area contributed by atoms with Crippen molar-refractivity contribution in [3.8, 4) is 5.75 Å². The quantitative estimate of drug-likeness (QED) is 0.237. The molecule has 0 bridgehead atoms. The number of carboxylic acid groups (broad SMARTS) is 1. The van der Waals surface area contributed by atoms with E-state index in [0.717, 1.165) is 5.56 Å². The molecular formula is C28H26Cl2N4O8. The molecule has 1 saturated heterocycles. The third kappa shape index (κ3) is 7.95. The summed E-state index contributed by atoms with van der Waals surface area (Å²) < 4.78 is 15.9. The number of carboxylic acids is 1. The number of hydrogen-bond acceptors (Lipinski definition) is 8. The maximum absolute atomic E-state index is 12.9. The van der Waals surface area contributed by atoms with Crippen molar-refractivity contribution in [1.29, 1.82) is 0 Å². The average molecular weight is 617 g/mol. The van der Waals surface area contributed by atoms with Crippen molar-refractivity contribution in [2.24, 2.45) is 0 Å². The Morgan fingerprint density at radius 1 is 1.00 bits per heavy atom. The molecule has 220 valence electrons. The van der Waals surface area contributed by atoms with Crippen LogP contribution in [0.2, 0.25) is 10.3 Å². The second-order valence-corrected chi connectivity index (χ2v) is 9.85. The molecule has 3 aromatic rings. The zero-order valence-electron chi connectivity index (χ0n) is 22.1. The molecule has 0 aliphatic carbocycles. The van der Waals surface area contributed by atoms with Gasteiger partial charge in [0.15, 0.2) is 12.2 Å². The summed E-state index contributed by atoms with van der Waals surface area (Å²) >= 11 is 11.7. The second-order valence-electron chi connectivity index (χ2n) is 9.08. The number of benzene rings is 2. The number of pyridine rings is 1. The first-order valence-corrected chi connectivity index (χ1v) is 13.3. The number of aromatic nitrogens is 1. The third-order valence-electron chi connectivity index (χ3n) is 6.22. The maximum atomic E-state index is 12.9. The van der Waals surface area contributed by atoms with Gasteiger partial charge in [0.25, 0.3) is 17.7 Å². The molecule has 1 aliphatic rings. The van der Waals surface area contributed by atoms with Gasteiger partial charge in [0.2, 0.25) is 0 Å². The molecule has 1 aromatic heterocycles. The van der Waals surface area contributed by atoms with E-state index in [4.69, 9.17) is 37.4 Å². The monoisotopic (exact) mass is 616 g/mol. The predicted molar refractivity (Wildman–Crippen MR) is 151 cm³/mol. The van der Waals surface area contributed by atoms with E-state index in [-0.39, 0.29) is 35.6 Å². The minimum atomic E-state index is -1.35. The van der Waals surface area contributed by atoms with Gasteiger partial charge >= 0.3 is 5.97 Å². The van der Waals surface area contributed by atoms with Gasteiger partial charge in [-0.3, -0.25) is 14.4 Å². The molecule has 4 rings (SSSR count). The molecule has 12 nitrogen and oxygen atoms in total. The lowest BCUT2D eigenvalue weighted by Crippen LogP contribution is -2.52. The van der Waals surface area contributed by atoms with Crippen LogP contribution >= 0.6 is 23.2 Å². The topological polar surface area (TPSA) is 165 Å². The summed E-state index contributed by atoms with van der Waals surface area (Å²) in [6.07, 6.45) is -2.71. The van der Waals surface area contributed by atoms with Gasteiger partial charge in [-0.05, 0) is 35.9 Å². The van der Waals surface area contributed by atoms with Gasteiger partial charge in [0, 0.05) is 29.8 Å². The van der Waals surface area contributed by atoms with Crippen LogP contribution in [0.15, 0.2) is 60.7 Å². The molecular weight excluding hydrogens is 591 g/mol. The fourth-order valence-electron chi connectivity index (χ4n) is 4.13. The number of aliphatic carboxylic acids is 1. The Bertz CT molecular complexity index is 1450. The van der Waals surface area contributed by atoms with Crippen LogP contribution in [-0.4, -0.2) is 65.9 Å². The van der Waals surface area contributed by atoms with Gasteiger partial charge in [-0.15, -0.1) is 0 Å². The number of ether oxygens (including phenoxy) is 3. The lowest BCUT2D eigenvalue weighted by molar-refractivity contribution is -0.144. The summed E-state index contributed by atoms with van der Waals surface area (Å²) in [4.78, 5) is 54.0.